The summed E-state index contributed by atoms with van der Waals surface area (Å²) < 4.78 is 39.4. The first kappa shape index (κ1) is 17.2. The molecular weight excluding hydrogens is 331 g/mol. The minimum Gasteiger partial charge on any atom is -0.322 e. The number of ketones is 1. The van der Waals surface area contributed by atoms with Gasteiger partial charge in [-0.3, -0.25) is 9.59 Å². The van der Waals surface area contributed by atoms with E-state index in [1.807, 2.05) is 0 Å². The quantitative estimate of drug-likeness (QED) is 0.774. The molecule has 0 unspecified atom stereocenters. The Hall–Kier alpha value is -2.63. The monoisotopic (exact) mass is 347 g/mol. The van der Waals surface area contributed by atoms with Crippen LogP contribution in [-0.4, -0.2) is 11.7 Å². The van der Waals surface area contributed by atoms with Gasteiger partial charge < -0.3 is 5.32 Å². The maximum Gasteiger partial charge on any atom is 0.266 e. The molecule has 1 amide bonds. The van der Waals surface area contributed by atoms with E-state index in [4.69, 9.17) is 0 Å². The van der Waals surface area contributed by atoms with Crippen LogP contribution in [-0.2, 0) is 0 Å². The number of carbonyl (C=O) groups is 2. The molecule has 1 fully saturated rings. The Kier molecular flexibility index (Phi) is 4.88. The lowest BCUT2D eigenvalue weighted by Crippen LogP contribution is -2.22. The normalized spacial score (nSPS) is 14.2. The molecule has 2 aromatic carbocycles. The molecule has 6 heteroatoms. The van der Waals surface area contributed by atoms with Crippen LogP contribution in [0.1, 0.15) is 52.0 Å². The molecule has 0 bridgehead atoms. The highest BCUT2D eigenvalue weighted by molar-refractivity contribution is 6.05. The molecule has 3 nitrogen and oxygen atoms in total. The van der Waals surface area contributed by atoms with Crippen LogP contribution >= 0.6 is 0 Å². The van der Waals surface area contributed by atoms with Gasteiger partial charge >= 0.3 is 0 Å². The van der Waals surface area contributed by atoms with Gasteiger partial charge in [0.2, 0.25) is 0 Å². The predicted molar refractivity (Wildman–Crippen MR) is 87.4 cm³/mol. The van der Waals surface area contributed by atoms with Crippen LogP contribution in [0, 0.1) is 11.7 Å². The minimum atomic E-state index is -3.00. The number of benzene rings is 2. The van der Waals surface area contributed by atoms with Crippen LogP contribution in [0.15, 0.2) is 42.5 Å². The number of rotatable bonds is 5. The Balaban J connectivity index is 1.73. The van der Waals surface area contributed by atoms with E-state index in [0.29, 0.717) is 11.3 Å². The second-order valence-corrected chi connectivity index (χ2v) is 6.03. The van der Waals surface area contributed by atoms with E-state index in [1.54, 1.807) is 24.3 Å². The van der Waals surface area contributed by atoms with E-state index in [9.17, 15) is 22.8 Å². The minimum absolute atomic E-state index is 0.0756. The number of carbonyl (C=O) groups excluding carboxylic acids is 2. The molecular formula is C19H16F3NO2. The van der Waals surface area contributed by atoms with Gasteiger partial charge in [0.05, 0.1) is 11.1 Å². The number of alkyl halides is 2. The molecule has 3 rings (SSSR count). The Labute approximate surface area is 142 Å². The molecule has 1 N–H and O–H groups in total. The molecule has 130 valence electrons. The van der Waals surface area contributed by atoms with E-state index in [-0.39, 0.29) is 11.7 Å². The fourth-order valence-corrected chi connectivity index (χ4v) is 2.72. The van der Waals surface area contributed by atoms with Crippen molar-refractivity contribution >= 4 is 17.4 Å². The average molecular weight is 347 g/mol. The second-order valence-electron chi connectivity index (χ2n) is 6.03. The first-order chi connectivity index (χ1) is 12.0. The first-order valence-corrected chi connectivity index (χ1v) is 7.99. The molecule has 0 radical (unpaired) electrons. The fourth-order valence-electron chi connectivity index (χ4n) is 2.72. The highest BCUT2D eigenvalue weighted by Crippen LogP contribution is 2.30. The summed E-state index contributed by atoms with van der Waals surface area (Å²) in [6, 6.07) is 9.57. The van der Waals surface area contributed by atoms with Crippen molar-refractivity contribution in [2.45, 2.75) is 25.7 Å². The van der Waals surface area contributed by atoms with E-state index >= 15 is 0 Å². The van der Waals surface area contributed by atoms with E-state index in [0.717, 1.165) is 31.4 Å². The topological polar surface area (TPSA) is 46.2 Å². The second kappa shape index (κ2) is 7.09. The number of hydrogen-bond acceptors (Lipinski definition) is 2. The van der Waals surface area contributed by atoms with E-state index in [2.05, 4.69) is 5.32 Å². The number of anilines is 1. The van der Waals surface area contributed by atoms with Gasteiger partial charge in [0, 0.05) is 17.2 Å². The molecule has 0 atom stereocenters. The van der Waals surface area contributed by atoms with Crippen molar-refractivity contribution in [1.29, 1.82) is 0 Å². The summed E-state index contributed by atoms with van der Waals surface area (Å²) in [7, 11) is 0. The zero-order valence-corrected chi connectivity index (χ0v) is 13.3. The van der Waals surface area contributed by atoms with E-state index in [1.165, 1.54) is 6.07 Å². The van der Waals surface area contributed by atoms with Crippen LogP contribution in [0.2, 0.25) is 0 Å². The van der Waals surface area contributed by atoms with Gasteiger partial charge in [-0.15, -0.1) is 0 Å². The number of Topliss-reactive ketones (excluding diaryl/α,β-unsaturated/α-hetero) is 1. The molecule has 0 saturated heterocycles. The van der Waals surface area contributed by atoms with E-state index < -0.39 is 29.3 Å². The third-order valence-electron chi connectivity index (χ3n) is 4.41. The summed E-state index contributed by atoms with van der Waals surface area (Å²) in [6.45, 7) is 0. The van der Waals surface area contributed by atoms with Gasteiger partial charge in [0.25, 0.3) is 12.3 Å². The molecule has 1 aliphatic rings. The SMILES string of the molecule is O=C(Nc1ccc(C(=O)C2CCC2)cc1)c1cccc(C(F)F)c1F. The maximum absolute atomic E-state index is 14.0. The van der Waals surface area contributed by atoms with Gasteiger partial charge in [0.15, 0.2) is 5.78 Å². The zero-order valence-electron chi connectivity index (χ0n) is 13.3. The van der Waals surface area contributed by atoms with Crippen LogP contribution in [0.4, 0.5) is 18.9 Å². The molecule has 0 heterocycles. The third-order valence-corrected chi connectivity index (χ3v) is 4.41. The molecule has 2 aromatic rings. The Bertz CT molecular complexity index is 799. The molecule has 0 spiro atoms. The molecule has 0 aromatic heterocycles. The van der Waals surface area contributed by atoms with Crippen LogP contribution in [0.25, 0.3) is 0 Å². The van der Waals surface area contributed by atoms with Gasteiger partial charge in [-0.25, -0.2) is 13.2 Å². The average Bonchev–Trinajstić information content (AvgIpc) is 2.53. The number of halogens is 3. The Morgan fingerprint density at radius 3 is 2.28 bits per heavy atom. The van der Waals surface area contributed by atoms with Crippen molar-refractivity contribution in [2.24, 2.45) is 5.92 Å². The molecule has 25 heavy (non-hydrogen) atoms. The van der Waals surface area contributed by atoms with Crippen LogP contribution < -0.4 is 5.32 Å². The Morgan fingerprint density at radius 2 is 1.72 bits per heavy atom. The Morgan fingerprint density at radius 1 is 1.04 bits per heavy atom. The van der Waals surface area contributed by atoms with Gasteiger partial charge in [-0.05, 0) is 43.2 Å². The lowest BCUT2D eigenvalue weighted by molar-refractivity contribution is 0.0855. The van der Waals surface area contributed by atoms with Crippen molar-refractivity contribution in [3.8, 4) is 0 Å². The largest absolute Gasteiger partial charge is 0.322 e. The predicted octanol–water partition coefficient (Wildman–Crippen LogP) is 5.00. The van der Waals surface area contributed by atoms with Crippen molar-refractivity contribution in [3.63, 3.8) is 0 Å². The maximum atomic E-state index is 14.0. The molecule has 1 aliphatic carbocycles. The van der Waals surface area contributed by atoms with Crippen LogP contribution in [0.5, 0.6) is 0 Å². The summed E-state index contributed by atoms with van der Waals surface area (Å²) in [5.74, 6) is -1.89. The summed E-state index contributed by atoms with van der Waals surface area (Å²) in [6.07, 6.45) is -0.133. The number of nitrogens with one attached hydrogen (secondary N) is 1. The van der Waals surface area contributed by atoms with Crippen molar-refractivity contribution in [3.05, 3.63) is 65.0 Å². The highest BCUT2D eigenvalue weighted by atomic mass is 19.3. The molecule has 0 aliphatic heterocycles. The lowest BCUT2D eigenvalue weighted by atomic mass is 9.80. The standard InChI is InChI=1S/C19H16F3NO2/c20-16-14(18(21)22)5-2-6-15(16)19(25)23-13-9-7-12(8-10-13)17(24)11-3-1-4-11/h2,5-11,18H,1,3-4H2,(H,23,25). The molecule has 1 saturated carbocycles. The summed E-state index contributed by atoms with van der Waals surface area (Å²) in [4.78, 5) is 24.2. The summed E-state index contributed by atoms with van der Waals surface area (Å²) in [5.41, 5.74) is -0.341. The number of hydrogen-bond donors (Lipinski definition) is 1. The van der Waals surface area contributed by atoms with Gasteiger partial charge in [0.1, 0.15) is 5.82 Å². The van der Waals surface area contributed by atoms with Crippen molar-refractivity contribution < 1.29 is 22.8 Å². The first-order valence-electron chi connectivity index (χ1n) is 7.99. The van der Waals surface area contributed by atoms with Crippen molar-refractivity contribution in [1.82, 2.24) is 0 Å². The lowest BCUT2D eigenvalue weighted by Gasteiger charge is -2.23. The van der Waals surface area contributed by atoms with Gasteiger partial charge in [-0.1, -0.05) is 18.6 Å². The highest BCUT2D eigenvalue weighted by Gasteiger charge is 2.26. The van der Waals surface area contributed by atoms with Crippen molar-refractivity contribution in [2.75, 3.05) is 5.32 Å². The van der Waals surface area contributed by atoms with Crippen LogP contribution in [0.3, 0.4) is 0 Å². The summed E-state index contributed by atoms with van der Waals surface area (Å²) in [5, 5.41) is 2.45. The zero-order chi connectivity index (χ0) is 18.0. The van der Waals surface area contributed by atoms with Gasteiger partial charge in [-0.2, -0.15) is 0 Å². The summed E-state index contributed by atoms with van der Waals surface area (Å²) >= 11 is 0. The number of amides is 1. The fraction of sp³-hybridized carbons (Fsp3) is 0.263. The third kappa shape index (κ3) is 3.57. The smallest absolute Gasteiger partial charge is 0.266 e.